The largest absolute Gasteiger partial charge is 0.416 e. The van der Waals surface area contributed by atoms with Gasteiger partial charge in [-0.3, -0.25) is 0 Å². The molecule has 0 saturated carbocycles. The Hall–Kier alpha value is -2.92. The predicted octanol–water partition coefficient (Wildman–Crippen LogP) is 6.14. The third-order valence-corrected chi connectivity index (χ3v) is 7.01. The van der Waals surface area contributed by atoms with Gasteiger partial charge in [-0.15, -0.1) is 0 Å². The van der Waals surface area contributed by atoms with E-state index in [1.807, 2.05) is 30.3 Å². The molecule has 2 fully saturated rings. The Labute approximate surface area is 202 Å². The lowest BCUT2D eigenvalue weighted by molar-refractivity contribution is -0.143. The standard InChI is InChI=1S/C25H23F6N3O2/c1-14-32-22(36-34-14)19-12-23(16-5-3-2-4-6-16)21(8-7-20(19)33-23)35-13-15-9-17(24(26,27)28)11-18(10-15)25(29,30)31/h2-6,9-11,19-21,33H,7-8,12-13H2,1H3/t19-,20+,21-,23-/m1/s1. The molecule has 1 N–H and O–H groups in total. The van der Waals surface area contributed by atoms with E-state index in [1.54, 1.807) is 6.92 Å². The molecule has 3 aromatic rings. The minimum absolute atomic E-state index is 0.00953. The maximum Gasteiger partial charge on any atom is 0.416 e. The minimum Gasteiger partial charge on any atom is -0.371 e. The smallest absolute Gasteiger partial charge is 0.371 e. The van der Waals surface area contributed by atoms with Crippen LogP contribution in [0.4, 0.5) is 26.3 Å². The number of benzene rings is 2. The molecule has 2 aliphatic heterocycles. The number of rotatable bonds is 5. The highest BCUT2D eigenvalue weighted by molar-refractivity contribution is 5.35. The van der Waals surface area contributed by atoms with Crippen LogP contribution < -0.4 is 5.32 Å². The zero-order valence-electron chi connectivity index (χ0n) is 19.2. The summed E-state index contributed by atoms with van der Waals surface area (Å²) in [5.41, 5.74) is -2.71. The fourth-order valence-corrected chi connectivity index (χ4v) is 5.43. The minimum atomic E-state index is -4.91. The summed E-state index contributed by atoms with van der Waals surface area (Å²) in [7, 11) is 0. The average molecular weight is 511 g/mol. The van der Waals surface area contributed by atoms with Gasteiger partial charge in [0.15, 0.2) is 5.82 Å². The van der Waals surface area contributed by atoms with Gasteiger partial charge in [0.1, 0.15) is 0 Å². The number of ether oxygens (including phenoxy) is 1. The molecule has 0 spiro atoms. The van der Waals surface area contributed by atoms with E-state index in [4.69, 9.17) is 9.26 Å². The quantitative estimate of drug-likeness (QED) is 0.418. The molecule has 0 aliphatic carbocycles. The van der Waals surface area contributed by atoms with Gasteiger partial charge < -0.3 is 14.6 Å². The molecular weight excluding hydrogens is 488 g/mol. The Morgan fingerprint density at radius 1 is 1.00 bits per heavy atom. The molecule has 4 atom stereocenters. The van der Waals surface area contributed by atoms with E-state index in [0.717, 1.165) is 5.56 Å². The Morgan fingerprint density at radius 3 is 2.25 bits per heavy atom. The van der Waals surface area contributed by atoms with Gasteiger partial charge in [0.2, 0.25) is 5.89 Å². The number of nitrogens with one attached hydrogen (secondary N) is 1. The lowest BCUT2D eigenvalue weighted by Crippen LogP contribution is -2.54. The van der Waals surface area contributed by atoms with Crippen molar-refractivity contribution in [3.63, 3.8) is 0 Å². The van der Waals surface area contributed by atoms with Crippen molar-refractivity contribution >= 4 is 0 Å². The zero-order valence-corrected chi connectivity index (χ0v) is 19.2. The van der Waals surface area contributed by atoms with Gasteiger partial charge in [-0.05, 0) is 55.5 Å². The monoisotopic (exact) mass is 511 g/mol. The van der Waals surface area contributed by atoms with Crippen molar-refractivity contribution in [1.82, 2.24) is 15.5 Å². The molecule has 2 saturated heterocycles. The van der Waals surface area contributed by atoms with E-state index in [0.29, 0.717) is 43.1 Å². The predicted molar refractivity (Wildman–Crippen MR) is 116 cm³/mol. The first-order valence-electron chi connectivity index (χ1n) is 11.5. The second-order valence-electron chi connectivity index (χ2n) is 9.37. The summed E-state index contributed by atoms with van der Waals surface area (Å²) in [4.78, 5) is 4.39. The van der Waals surface area contributed by atoms with Gasteiger partial charge in [0.05, 0.1) is 35.3 Å². The summed E-state index contributed by atoms with van der Waals surface area (Å²) in [6.07, 6.45) is -8.58. The maximum absolute atomic E-state index is 13.3. The average Bonchev–Trinajstić information content (AvgIpc) is 3.39. The van der Waals surface area contributed by atoms with E-state index >= 15 is 0 Å². The molecule has 5 rings (SSSR count). The third-order valence-electron chi connectivity index (χ3n) is 7.01. The SMILES string of the molecule is Cc1noc([C@@H]2C[C@]3(c4ccccc4)N[C@H]2CC[C@H]3OCc2cc(C(F)(F)F)cc(C(F)(F)F)c2)n1. The summed E-state index contributed by atoms with van der Waals surface area (Å²) in [5, 5.41) is 7.52. The van der Waals surface area contributed by atoms with Crippen LogP contribution >= 0.6 is 0 Å². The Morgan fingerprint density at radius 2 is 1.67 bits per heavy atom. The topological polar surface area (TPSA) is 60.2 Å². The maximum atomic E-state index is 13.3. The van der Waals surface area contributed by atoms with Crippen LogP contribution in [0, 0.1) is 6.92 Å². The van der Waals surface area contributed by atoms with Gasteiger partial charge in [0, 0.05) is 6.04 Å². The van der Waals surface area contributed by atoms with Gasteiger partial charge >= 0.3 is 12.4 Å². The molecule has 2 aliphatic rings. The van der Waals surface area contributed by atoms with Gasteiger partial charge in [-0.2, -0.15) is 31.3 Å². The number of aryl methyl sites for hydroxylation is 1. The van der Waals surface area contributed by atoms with Crippen molar-refractivity contribution in [3.8, 4) is 0 Å². The lowest BCUT2D eigenvalue weighted by Gasteiger charge is -2.42. The van der Waals surface area contributed by atoms with Crippen molar-refractivity contribution in [2.45, 2.75) is 68.7 Å². The van der Waals surface area contributed by atoms with Crippen LogP contribution in [0.2, 0.25) is 0 Å². The molecule has 192 valence electrons. The number of nitrogens with zero attached hydrogens (tertiary/aromatic N) is 2. The molecule has 5 nitrogen and oxygen atoms in total. The number of fused-ring (bicyclic) bond motifs is 2. The summed E-state index contributed by atoms with van der Waals surface area (Å²) < 4.78 is 91.4. The molecule has 0 amide bonds. The molecular formula is C25H23F6N3O2. The number of piperidine rings is 1. The summed E-state index contributed by atoms with van der Waals surface area (Å²) in [6, 6.07) is 11.0. The van der Waals surface area contributed by atoms with Crippen LogP contribution in [-0.2, 0) is 29.2 Å². The van der Waals surface area contributed by atoms with Crippen molar-refractivity contribution in [2.75, 3.05) is 0 Å². The summed E-state index contributed by atoms with van der Waals surface area (Å²) in [5.74, 6) is 0.902. The third kappa shape index (κ3) is 4.61. The zero-order chi connectivity index (χ0) is 25.7. The van der Waals surface area contributed by atoms with E-state index in [1.165, 1.54) is 0 Å². The molecule has 36 heavy (non-hydrogen) atoms. The Kier molecular flexibility index (Phi) is 6.11. The normalized spacial score (nSPS) is 26.4. The summed E-state index contributed by atoms with van der Waals surface area (Å²) >= 11 is 0. The Bertz CT molecular complexity index is 1190. The van der Waals surface area contributed by atoms with Crippen LogP contribution in [0.25, 0.3) is 0 Å². The summed E-state index contributed by atoms with van der Waals surface area (Å²) in [6.45, 7) is 1.33. The van der Waals surface area contributed by atoms with Crippen molar-refractivity contribution in [2.24, 2.45) is 0 Å². The van der Waals surface area contributed by atoms with Gasteiger partial charge in [0.25, 0.3) is 0 Å². The second-order valence-corrected chi connectivity index (χ2v) is 9.37. The van der Waals surface area contributed by atoms with Crippen LogP contribution in [-0.4, -0.2) is 22.3 Å². The molecule has 2 bridgehead atoms. The van der Waals surface area contributed by atoms with E-state index < -0.39 is 41.7 Å². The van der Waals surface area contributed by atoms with Crippen molar-refractivity contribution in [1.29, 1.82) is 0 Å². The Balaban J connectivity index is 1.46. The number of hydrogen-bond acceptors (Lipinski definition) is 5. The first kappa shape index (κ1) is 24.8. The second kappa shape index (κ2) is 8.88. The molecule has 11 heteroatoms. The fraction of sp³-hybridized carbons (Fsp3) is 0.440. The molecule has 2 aromatic carbocycles. The van der Waals surface area contributed by atoms with Crippen molar-refractivity contribution < 1.29 is 35.6 Å². The molecule has 1 aromatic heterocycles. The molecule has 3 heterocycles. The van der Waals surface area contributed by atoms with Crippen LogP contribution in [0.15, 0.2) is 53.1 Å². The molecule has 0 unspecified atom stereocenters. The first-order chi connectivity index (χ1) is 17.0. The number of alkyl halides is 6. The highest BCUT2D eigenvalue weighted by Gasteiger charge is 2.56. The number of aromatic nitrogens is 2. The number of halogens is 6. The lowest BCUT2D eigenvalue weighted by atomic mass is 9.80. The molecule has 0 radical (unpaired) electrons. The van der Waals surface area contributed by atoms with E-state index in [9.17, 15) is 26.3 Å². The van der Waals surface area contributed by atoms with Crippen molar-refractivity contribution in [3.05, 3.63) is 82.5 Å². The number of hydrogen-bond donors (Lipinski definition) is 1. The van der Waals surface area contributed by atoms with Crippen LogP contribution in [0.3, 0.4) is 0 Å². The van der Waals surface area contributed by atoms with Crippen LogP contribution in [0.1, 0.15) is 59.1 Å². The van der Waals surface area contributed by atoms with Gasteiger partial charge in [-0.1, -0.05) is 35.5 Å². The van der Waals surface area contributed by atoms with E-state index in [-0.39, 0.29) is 23.6 Å². The fourth-order valence-electron chi connectivity index (χ4n) is 5.43. The van der Waals surface area contributed by atoms with Crippen LogP contribution in [0.5, 0.6) is 0 Å². The highest BCUT2D eigenvalue weighted by Crippen LogP contribution is 2.50. The first-order valence-corrected chi connectivity index (χ1v) is 11.5. The highest BCUT2D eigenvalue weighted by atomic mass is 19.4. The van der Waals surface area contributed by atoms with Gasteiger partial charge in [-0.25, -0.2) is 0 Å². The van der Waals surface area contributed by atoms with E-state index in [2.05, 4.69) is 15.5 Å².